The van der Waals surface area contributed by atoms with E-state index in [0.29, 0.717) is 25.1 Å². The summed E-state index contributed by atoms with van der Waals surface area (Å²) in [5.41, 5.74) is 1.29. The smallest absolute Gasteiger partial charge is 0.339 e. The molecular weight excluding hydrogens is 480 g/mol. The van der Waals surface area contributed by atoms with Crippen molar-refractivity contribution >= 4 is 17.7 Å². The number of hydrogen-bond donors (Lipinski definition) is 0. The summed E-state index contributed by atoms with van der Waals surface area (Å²) < 4.78 is 12.0. The summed E-state index contributed by atoms with van der Waals surface area (Å²) in [6.45, 7) is 2.76. The molecule has 194 valence electrons. The minimum Gasteiger partial charge on any atom is -0.490 e. The lowest BCUT2D eigenvalue weighted by Gasteiger charge is -2.33. The highest BCUT2D eigenvalue weighted by Crippen LogP contribution is 2.52. The van der Waals surface area contributed by atoms with Gasteiger partial charge in [0.1, 0.15) is 17.7 Å². The van der Waals surface area contributed by atoms with Gasteiger partial charge in [-0.2, -0.15) is 0 Å². The highest BCUT2D eigenvalue weighted by atomic mass is 16.6. The molecule has 8 nitrogen and oxygen atoms in total. The molecular formula is C30H30N4O4. The van der Waals surface area contributed by atoms with Gasteiger partial charge >= 0.3 is 5.97 Å². The van der Waals surface area contributed by atoms with Crippen LogP contribution in [0, 0.1) is 0 Å². The van der Waals surface area contributed by atoms with Gasteiger partial charge in [-0.1, -0.05) is 24.3 Å². The Bertz CT molecular complexity index is 1370. The van der Waals surface area contributed by atoms with Gasteiger partial charge in [-0.05, 0) is 42.7 Å². The predicted molar refractivity (Wildman–Crippen MR) is 140 cm³/mol. The van der Waals surface area contributed by atoms with Crippen LogP contribution in [0.4, 0.5) is 5.82 Å². The van der Waals surface area contributed by atoms with Crippen LogP contribution in [0.1, 0.15) is 53.6 Å². The third-order valence-electron chi connectivity index (χ3n) is 8.62. The van der Waals surface area contributed by atoms with Crippen LogP contribution < -0.4 is 9.64 Å². The number of benzene rings is 1. The van der Waals surface area contributed by atoms with Gasteiger partial charge < -0.3 is 19.3 Å². The number of esters is 1. The molecule has 2 saturated heterocycles. The van der Waals surface area contributed by atoms with E-state index in [2.05, 4.69) is 16.0 Å². The molecule has 1 unspecified atom stereocenters. The zero-order valence-corrected chi connectivity index (χ0v) is 21.2. The molecule has 1 saturated carbocycles. The van der Waals surface area contributed by atoms with Crippen molar-refractivity contribution in [1.82, 2.24) is 14.9 Å². The number of likely N-dealkylation sites (tertiary alicyclic amines) is 1. The second-order valence-electron chi connectivity index (χ2n) is 10.9. The van der Waals surface area contributed by atoms with E-state index in [0.717, 1.165) is 61.5 Å². The highest BCUT2D eigenvalue weighted by Gasteiger charge is 2.57. The number of pyridine rings is 2. The molecule has 1 spiro atoms. The third kappa shape index (κ3) is 3.81. The van der Waals surface area contributed by atoms with E-state index in [9.17, 15) is 9.59 Å². The summed E-state index contributed by atoms with van der Waals surface area (Å²) >= 11 is 0. The van der Waals surface area contributed by atoms with Crippen molar-refractivity contribution in [3.8, 4) is 5.75 Å². The average molecular weight is 511 g/mol. The first-order valence-corrected chi connectivity index (χ1v) is 13.5. The quantitative estimate of drug-likeness (QED) is 0.482. The summed E-state index contributed by atoms with van der Waals surface area (Å²) in [5.74, 6) is 1.63. The van der Waals surface area contributed by atoms with Gasteiger partial charge in [0, 0.05) is 63.1 Å². The monoisotopic (exact) mass is 510 g/mol. The molecule has 3 fully saturated rings. The zero-order chi connectivity index (χ0) is 25.7. The number of piperidine rings is 1. The van der Waals surface area contributed by atoms with Gasteiger partial charge in [-0.25, -0.2) is 9.78 Å². The van der Waals surface area contributed by atoms with Crippen molar-refractivity contribution in [3.63, 3.8) is 0 Å². The fourth-order valence-electron chi connectivity index (χ4n) is 6.33. The second-order valence-corrected chi connectivity index (χ2v) is 10.9. The molecule has 3 aliphatic heterocycles. The number of fused-ring (bicyclic) bond motifs is 2. The standard InChI is InChI=1S/C30H30N4O4/c35-27-24-3-1-2-4-25(24)30(38-27)13-18-34(20-30)28(36)29(11-12-29)21-5-6-26(32-19-21)33-16-9-23(10-17-33)37-22-7-14-31-15-8-22/h1-8,14-15,19,23H,9-13,16-18,20H2. The molecule has 0 radical (unpaired) electrons. The lowest BCUT2D eigenvalue weighted by atomic mass is 9.91. The Morgan fingerprint density at radius 2 is 1.76 bits per heavy atom. The SMILES string of the molecule is O=C1OC2(CCN(C(=O)C3(c4ccc(N5CCC(Oc6ccncc6)CC5)nc4)CC3)C2)c2ccccc21. The third-order valence-corrected chi connectivity index (χ3v) is 8.62. The van der Waals surface area contributed by atoms with Crippen LogP contribution in [-0.2, 0) is 20.5 Å². The molecule has 0 N–H and O–H groups in total. The molecule has 2 aromatic heterocycles. The Morgan fingerprint density at radius 3 is 2.50 bits per heavy atom. The Hall–Kier alpha value is -3.94. The number of hydrogen-bond acceptors (Lipinski definition) is 7. The van der Waals surface area contributed by atoms with Crippen molar-refractivity contribution in [2.45, 2.75) is 49.2 Å². The maximum absolute atomic E-state index is 13.8. The van der Waals surface area contributed by atoms with Gasteiger partial charge in [0.2, 0.25) is 5.91 Å². The van der Waals surface area contributed by atoms with Crippen molar-refractivity contribution in [1.29, 1.82) is 0 Å². The number of carbonyl (C=O) groups is 2. The predicted octanol–water partition coefficient (Wildman–Crippen LogP) is 3.85. The topological polar surface area (TPSA) is 84.9 Å². The number of aromatic nitrogens is 2. The average Bonchev–Trinajstić information content (AvgIpc) is 3.60. The van der Waals surface area contributed by atoms with Crippen molar-refractivity contribution < 1.29 is 19.1 Å². The molecule has 7 rings (SSSR count). The summed E-state index contributed by atoms with van der Waals surface area (Å²) in [6, 6.07) is 15.5. The largest absolute Gasteiger partial charge is 0.490 e. The zero-order valence-electron chi connectivity index (χ0n) is 21.2. The van der Waals surface area contributed by atoms with E-state index in [4.69, 9.17) is 14.5 Å². The lowest BCUT2D eigenvalue weighted by Crippen LogP contribution is -2.40. The van der Waals surface area contributed by atoms with Crippen LogP contribution in [-0.4, -0.2) is 59.0 Å². The Morgan fingerprint density at radius 1 is 0.974 bits per heavy atom. The summed E-state index contributed by atoms with van der Waals surface area (Å²) in [4.78, 5) is 39.2. The molecule has 4 aliphatic rings. The normalized spacial score (nSPS) is 23.8. The summed E-state index contributed by atoms with van der Waals surface area (Å²) in [7, 11) is 0. The van der Waals surface area contributed by atoms with Crippen molar-refractivity contribution in [2.75, 3.05) is 31.1 Å². The Kier molecular flexibility index (Phi) is 5.39. The number of nitrogens with zero attached hydrogens (tertiary/aromatic N) is 4. The van der Waals surface area contributed by atoms with Crippen LogP contribution >= 0.6 is 0 Å². The van der Waals surface area contributed by atoms with Gasteiger partial charge in [0.15, 0.2) is 5.60 Å². The van der Waals surface area contributed by atoms with Crippen molar-refractivity contribution in [2.24, 2.45) is 0 Å². The van der Waals surface area contributed by atoms with E-state index >= 15 is 0 Å². The van der Waals surface area contributed by atoms with Gasteiger partial charge in [0.25, 0.3) is 0 Å². The number of ether oxygens (including phenoxy) is 2. The maximum atomic E-state index is 13.8. The number of rotatable bonds is 5. The molecule has 1 amide bonds. The minimum absolute atomic E-state index is 0.124. The minimum atomic E-state index is -0.714. The molecule has 38 heavy (non-hydrogen) atoms. The molecule has 5 heterocycles. The molecule has 1 aromatic carbocycles. The molecule has 1 atom stereocenters. The van der Waals surface area contributed by atoms with Crippen molar-refractivity contribution in [3.05, 3.63) is 83.8 Å². The summed E-state index contributed by atoms with van der Waals surface area (Å²) in [5, 5.41) is 0. The molecule has 8 heteroatoms. The molecule has 3 aromatic rings. The van der Waals surface area contributed by atoms with Gasteiger partial charge in [-0.15, -0.1) is 0 Å². The Balaban J connectivity index is 1.00. The first-order valence-electron chi connectivity index (χ1n) is 13.5. The maximum Gasteiger partial charge on any atom is 0.339 e. The Labute approximate surface area is 221 Å². The lowest BCUT2D eigenvalue weighted by molar-refractivity contribution is -0.134. The number of carbonyl (C=O) groups excluding carboxylic acids is 2. The van der Waals surface area contributed by atoms with Gasteiger partial charge in [-0.3, -0.25) is 9.78 Å². The fraction of sp³-hybridized carbons (Fsp3) is 0.400. The molecule has 1 aliphatic carbocycles. The van der Waals surface area contributed by atoms with Gasteiger partial charge in [0.05, 0.1) is 17.5 Å². The van der Waals surface area contributed by atoms with E-state index in [-0.39, 0.29) is 18.0 Å². The van der Waals surface area contributed by atoms with E-state index in [1.165, 1.54) is 0 Å². The number of anilines is 1. The fourth-order valence-corrected chi connectivity index (χ4v) is 6.33. The van der Waals surface area contributed by atoms with E-state index < -0.39 is 11.0 Å². The van der Waals surface area contributed by atoms with Crippen LogP contribution in [0.25, 0.3) is 0 Å². The number of amides is 1. The first-order chi connectivity index (χ1) is 18.6. The van der Waals surface area contributed by atoms with Crippen LogP contribution in [0.5, 0.6) is 5.75 Å². The van der Waals surface area contributed by atoms with Crippen LogP contribution in [0.2, 0.25) is 0 Å². The molecule has 0 bridgehead atoms. The van der Waals surface area contributed by atoms with Crippen LogP contribution in [0.15, 0.2) is 67.1 Å². The second kappa shape index (κ2) is 8.82. The first kappa shape index (κ1) is 23.2. The highest BCUT2D eigenvalue weighted by molar-refractivity contribution is 5.96. The van der Waals surface area contributed by atoms with E-state index in [1.807, 2.05) is 53.6 Å². The van der Waals surface area contributed by atoms with Crippen LogP contribution in [0.3, 0.4) is 0 Å². The van der Waals surface area contributed by atoms with E-state index in [1.54, 1.807) is 12.4 Å². The summed E-state index contributed by atoms with van der Waals surface area (Å²) in [6.07, 6.45) is 9.71.